The second-order valence-corrected chi connectivity index (χ2v) is 11.3. The maximum Gasteiger partial charge on any atom is 0.306 e. The van der Waals surface area contributed by atoms with Gasteiger partial charge in [0, 0.05) is 12.8 Å². The molecule has 0 aliphatic heterocycles. The van der Waals surface area contributed by atoms with Crippen LogP contribution >= 0.6 is 0 Å². The minimum atomic E-state index is -0.835. The number of allylic oxidation sites excluding steroid dienone is 12. The number of unbranched alkanes of at least 4 members (excludes halogenated alkanes) is 10. The van der Waals surface area contributed by atoms with Crippen molar-refractivity contribution >= 4 is 11.9 Å². The van der Waals surface area contributed by atoms with Crippen LogP contribution in [0.4, 0.5) is 0 Å². The lowest BCUT2D eigenvalue weighted by Gasteiger charge is -2.17. The maximum absolute atomic E-state index is 12.3. The molecule has 0 heterocycles. The van der Waals surface area contributed by atoms with Crippen LogP contribution in [0.1, 0.15) is 155 Å². The molecule has 0 aliphatic carbocycles. The maximum atomic E-state index is 12.3. The van der Waals surface area contributed by atoms with Crippen molar-refractivity contribution in [2.75, 3.05) is 0 Å². The molecule has 0 aromatic carbocycles. The second-order valence-electron chi connectivity index (χ2n) is 11.3. The van der Waals surface area contributed by atoms with Crippen LogP contribution in [0.25, 0.3) is 0 Å². The Morgan fingerprint density at radius 1 is 0.535 bits per heavy atom. The lowest BCUT2D eigenvalue weighted by molar-refractivity contribution is -0.151. The van der Waals surface area contributed by atoms with Gasteiger partial charge in [0.25, 0.3) is 0 Å². The van der Waals surface area contributed by atoms with E-state index in [9.17, 15) is 9.59 Å². The van der Waals surface area contributed by atoms with E-state index in [1.807, 2.05) is 6.08 Å². The standard InChI is InChI=1S/C39H64O4/c1-3-5-7-9-11-13-15-16-17-18-19-20-21-22-24-26-28-30-32-34-39(42)43-37(35-36-38(40)41)33-31-29-27-25-23-14-12-10-8-6-4-2/h5,7,11,13,16-17,19-20,22,24,28,30,37H,3-4,6,8-10,12,14-15,18,21,23,25-27,29,31-36H2,1-2H3,(H,40,41)/b7-5-,13-11-,17-16-,20-19-,24-22-,30-28-. The fourth-order valence-corrected chi connectivity index (χ4v) is 4.67. The van der Waals surface area contributed by atoms with Crippen LogP contribution in [0.2, 0.25) is 0 Å². The van der Waals surface area contributed by atoms with Crippen LogP contribution in [0.3, 0.4) is 0 Å². The normalized spacial score (nSPS) is 13.2. The lowest BCUT2D eigenvalue weighted by atomic mass is 10.0. The molecule has 1 unspecified atom stereocenters. The van der Waals surface area contributed by atoms with Gasteiger partial charge in [0.15, 0.2) is 0 Å². The summed E-state index contributed by atoms with van der Waals surface area (Å²) in [5.74, 6) is -1.06. The van der Waals surface area contributed by atoms with Crippen molar-refractivity contribution in [3.63, 3.8) is 0 Å². The molecule has 0 aromatic rings. The minimum absolute atomic E-state index is 0.0448. The summed E-state index contributed by atoms with van der Waals surface area (Å²) in [6.45, 7) is 4.40. The van der Waals surface area contributed by atoms with Gasteiger partial charge in [-0.15, -0.1) is 0 Å². The molecule has 244 valence electrons. The highest BCUT2D eigenvalue weighted by molar-refractivity contribution is 5.70. The SMILES string of the molecule is CC/C=C\C/C=C\C/C=C\C/C=C\C/C=C\C/C=C\CCC(=O)OC(CCCCCCCCCCCCC)CCC(=O)O. The van der Waals surface area contributed by atoms with Crippen LogP contribution in [-0.2, 0) is 14.3 Å². The summed E-state index contributed by atoms with van der Waals surface area (Å²) in [6, 6.07) is 0. The van der Waals surface area contributed by atoms with Crippen molar-refractivity contribution in [3.05, 3.63) is 72.9 Å². The van der Waals surface area contributed by atoms with Gasteiger partial charge in [-0.2, -0.15) is 0 Å². The van der Waals surface area contributed by atoms with E-state index in [-0.39, 0.29) is 18.5 Å². The average Bonchev–Trinajstić information content (AvgIpc) is 2.99. The molecule has 43 heavy (non-hydrogen) atoms. The molecule has 0 bridgehead atoms. The second kappa shape index (κ2) is 33.9. The van der Waals surface area contributed by atoms with Crippen LogP contribution in [0.5, 0.6) is 0 Å². The van der Waals surface area contributed by atoms with E-state index in [0.717, 1.165) is 57.8 Å². The molecule has 0 spiro atoms. The highest BCUT2D eigenvalue weighted by atomic mass is 16.5. The zero-order valence-corrected chi connectivity index (χ0v) is 27.7. The summed E-state index contributed by atoms with van der Waals surface area (Å²) in [4.78, 5) is 23.4. The van der Waals surface area contributed by atoms with Crippen molar-refractivity contribution in [1.29, 1.82) is 0 Å². The Labute approximate surface area is 265 Å². The summed E-state index contributed by atoms with van der Waals surface area (Å²) in [7, 11) is 0. The van der Waals surface area contributed by atoms with E-state index in [1.54, 1.807) is 0 Å². The number of carboxylic acids is 1. The summed E-state index contributed by atoms with van der Waals surface area (Å²) in [6.07, 6.45) is 47.7. The molecule has 0 aromatic heterocycles. The fraction of sp³-hybridized carbons (Fsp3) is 0.641. The molecular formula is C39H64O4. The third-order valence-electron chi connectivity index (χ3n) is 7.22. The number of carbonyl (C=O) groups excluding carboxylic acids is 1. The van der Waals surface area contributed by atoms with Gasteiger partial charge in [0.05, 0.1) is 0 Å². The van der Waals surface area contributed by atoms with E-state index >= 15 is 0 Å². The van der Waals surface area contributed by atoms with E-state index < -0.39 is 5.97 Å². The van der Waals surface area contributed by atoms with Gasteiger partial charge in [-0.05, 0) is 64.2 Å². The Bertz CT molecular complexity index is 815. The molecule has 0 amide bonds. The molecule has 1 atom stereocenters. The molecule has 0 aliphatic rings. The Kier molecular flexibility index (Phi) is 31.8. The first-order valence-corrected chi connectivity index (χ1v) is 17.4. The van der Waals surface area contributed by atoms with Crippen molar-refractivity contribution in [2.45, 2.75) is 161 Å². The number of ether oxygens (including phenoxy) is 1. The van der Waals surface area contributed by atoms with Crippen molar-refractivity contribution < 1.29 is 19.4 Å². The number of carbonyl (C=O) groups is 2. The first-order valence-electron chi connectivity index (χ1n) is 17.4. The van der Waals surface area contributed by atoms with E-state index in [1.165, 1.54) is 57.8 Å². The monoisotopic (exact) mass is 596 g/mol. The Morgan fingerprint density at radius 3 is 1.40 bits per heavy atom. The zero-order valence-electron chi connectivity index (χ0n) is 27.7. The molecule has 4 nitrogen and oxygen atoms in total. The molecule has 4 heteroatoms. The molecule has 0 radical (unpaired) electrons. The Morgan fingerprint density at radius 2 is 0.953 bits per heavy atom. The zero-order chi connectivity index (χ0) is 31.5. The van der Waals surface area contributed by atoms with Crippen molar-refractivity contribution in [2.24, 2.45) is 0 Å². The Hall–Kier alpha value is -2.62. The molecule has 0 saturated heterocycles. The number of carboxylic acid groups (broad SMARTS) is 1. The van der Waals surface area contributed by atoms with Crippen molar-refractivity contribution in [3.8, 4) is 0 Å². The average molecular weight is 597 g/mol. The minimum Gasteiger partial charge on any atom is -0.481 e. The third-order valence-corrected chi connectivity index (χ3v) is 7.22. The predicted octanol–water partition coefficient (Wildman–Crippen LogP) is 11.9. The first-order chi connectivity index (χ1) is 21.1. The summed E-state index contributed by atoms with van der Waals surface area (Å²) < 4.78 is 5.66. The van der Waals surface area contributed by atoms with Gasteiger partial charge in [-0.3, -0.25) is 9.59 Å². The number of hydrogen-bond acceptors (Lipinski definition) is 3. The van der Waals surface area contributed by atoms with Crippen LogP contribution < -0.4 is 0 Å². The number of aliphatic carboxylic acids is 1. The Balaban J connectivity index is 3.96. The fourth-order valence-electron chi connectivity index (χ4n) is 4.67. The predicted molar refractivity (Wildman–Crippen MR) is 185 cm³/mol. The van der Waals surface area contributed by atoms with Gasteiger partial charge in [0.1, 0.15) is 6.10 Å². The molecule has 1 N–H and O–H groups in total. The summed E-state index contributed by atoms with van der Waals surface area (Å²) in [5, 5.41) is 9.07. The van der Waals surface area contributed by atoms with Crippen LogP contribution in [-0.4, -0.2) is 23.1 Å². The molecular weight excluding hydrogens is 532 g/mol. The highest BCUT2D eigenvalue weighted by Gasteiger charge is 2.15. The summed E-state index contributed by atoms with van der Waals surface area (Å²) >= 11 is 0. The topological polar surface area (TPSA) is 63.6 Å². The van der Waals surface area contributed by atoms with Crippen LogP contribution in [0, 0.1) is 0 Å². The van der Waals surface area contributed by atoms with E-state index in [0.29, 0.717) is 19.3 Å². The smallest absolute Gasteiger partial charge is 0.306 e. The van der Waals surface area contributed by atoms with Gasteiger partial charge in [0.2, 0.25) is 0 Å². The highest BCUT2D eigenvalue weighted by Crippen LogP contribution is 2.16. The van der Waals surface area contributed by atoms with E-state index in [2.05, 4.69) is 80.7 Å². The number of esters is 1. The third kappa shape index (κ3) is 33.7. The lowest BCUT2D eigenvalue weighted by Crippen LogP contribution is -2.19. The van der Waals surface area contributed by atoms with Gasteiger partial charge >= 0.3 is 11.9 Å². The van der Waals surface area contributed by atoms with Gasteiger partial charge in [-0.1, -0.05) is 151 Å². The van der Waals surface area contributed by atoms with Crippen molar-refractivity contribution in [1.82, 2.24) is 0 Å². The largest absolute Gasteiger partial charge is 0.481 e. The first kappa shape index (κ1) is 40.4. The van der Waals surface area contributed by atoms with E-state index in [4.69, 9.17) is 9.84 Å². The van der Waals surface area contributed by atoms with Gasteiger partial charge in [-0.25, -0.2) is 0 Å². The molecule has 0 saturated carbocycles. The van der Waals surface area contributed by atoms with Crippen LogP contribution in [0.15, 0.2) is 72.9 Å². The summed E-state index contributed by atoms with van der Waals surface area (Å²) in [5.41, 5.74) is 0. The quantitative estimate of drug-likeness (QED) is 0.0509. The number of rotatable bonds is 30. The van der Waals surface area contributed by atoms with Gasteiger partial charge < -0.3 is 9.84 Å². The molecule has 0 rings (SSSR count). The molecule has 0 fully saturated rings. The number of hydrogen-bond donors (Lipinski definition) is 1.